The molecule has 3 amide bonds. The zero-order valence-corrected chi connectivity index (χ0v) is 18.1. The molecule has 3 rings (SSSR count). The molecule has 0 radical (unpaired) electrons. The molecular formula is C24H22N4O6. The Labute approximate surface area is 194 Å². The molecule has 0 fully saturated rings. The molecule has 3 aromatic rings. The highest BCUT2D eigenvalue weighted by atomic mass is 16.5. The third kappa shape index (κ3) is 6.33. The summed E-state index contributed by atoms with van der Waals surface area (Å²) in [7, 11) is 0. The maximum Gasteiger partial charge on any atom is 0.329 e. The zero-order chi connectivity index (χ0) is 24.5. The second kappa shape index (κ2) is 11.1. The first-order valence-corrected chi connectivity index (χ1v) is 10.2. The number of hydrazone groups is 1. The summed E-state index contributed by atoms with van der Waals surface area (Å²) in [6.45, 7) is 2.39. The van der Waals surface area contributed by atoms with Crippen molar-refractivity contribution in [2.75, 3.05) is 17.2 Å². The Hall–Kier alpha value is -4.86. The fourth-order valence-electron chi connectivity index (χ4n) is 2.82. The number of ether oxygens (including phenoxy) is 1. The third-order valence-electron chi connectivity index (χ3n) is 4.43. The Morgan fingerprint density at radius 3 is 2.38 bits per heavy atom. The number of phenolic OH excluding ortho intramolecular Hbond substituents is 2. The van der Waals surface area contributed by atoms with Crippen molar-refractivity contribution in [2.45, 2.75) is 6.92 Å². The highest BCUT2D eigenvalue weighted by molar-refractivity contribution is 6.40. The van der Waals surface area contributed by atoms with Crippen LogP contribution in [0.5, 0.6) is 17.2 Å². The van der Waals surface area contributed by atoms with Gasteiger partial charge >= 0.3 is 11.8 Å². The molecule has 0 unspecified atom stereocenters. The number of rotatable bonds is 7. The lowest BCUT2D eigenvalue weighted by Crippen LogP contribution is -2.33. The lowest BCUT2D eigenvalue weighted by molar-refractivity contribution is -0.136. The van der Waals surface area contributed by atoms with E-state index >= 15 is 0 Å². The smallest absolute Gasteiger partial charge is 0.329 e. The second-order valence-electron chi connectivity index (χ2n) is 6.85. The van der Waals surface area contributed by atoms with Crippen LogP contribution in [0, 0.1) is 0 Å². The number of amides is 3. The highest BCUT2D eigenvalue weighted by Gasteiger charge is 2.18. The summed E-state index contributed by atoms with van der Waals surface area (Å²) in [5.74, 6) is -2.34. The minimum absolute atomic E-state index is 0.131. The quantitative estimate of drug-likeness (QED) is 0.207. The van der Waals surface area contributed by atoms with Gasteiger partial charge in [-0.15, -0.1) is 0 Å². The second-order valence-corrected chi connectivity index (χ2v) is 6.85. The van der Waals surface area contributed by atoms with Crippen LogP contribution >= 0.6 is 0 Å². The Bertz CT molecular complexity index is 1220. The largest absolute Gasteiger partial charge is 0.508 e. The molecule has 0 saturated carbocycles. The number of aromatic hydroxyl groups is 2. The lowest BCUT2D eigenvalue weighted by atomic mass is 10.1. The molecule has 0 atom stereocenters. The van der Waals surface area contributed by atoms with Crippen molar-refractivity contribution < 1.29 is 29.3 Å². The molecule has 0 aromatic heterocycles. The fraction of sp³-hybridized carbons (Fsp3) is 0.0833. The summed E-state index contributed by atoms with van der Waals surface area (Å²) in [6.07, 6.45) is 1.11. The minimum atomic E-state index is -1.09. The van der Waals surface area contributed by atoms with Crippen molar-refractivity contribution >= 4 is 35.3 Å². The van der Waals surface area contributed by atoms with Crippen LogP contribution in [0.1, 0.15) is 22.8 Å². The molecule has 34 heavy (non-hydrogen) atoms. The van der Waals surface area contributed by atoms with Gasteiger partial charge in [0.25, 0.3) is 5.91 Å². The van der Waals surface area contributed by atoms with E-state index in [1.165, 1.54) is 24.3 Å². The molecule has 10 nitrogen and oxygen atoms in total. The summed E-state index contributed by atoms with van der Waals surface area (Å²) in [4.78, 5) is 37.1. The van der Waals surface area contributed by atoms with Crippen molar-refractivity contribution in [1.29, 1.82) is 0 Å². The molecule has 0 spiro atoms. The SMILES string of the molecule is CCOc1ccc(NC(=O)c2ccccc2NC(=O)C(=O)N/N=C/c2ccc(O)cc2O)cc1. The van der Waals surface area contributed by atoms with Crippen molar-refractivity contribution in [3.63, 3.8) is 0 Å². The number of carbonyl (C=O) groups excluding carboxylic acids is 3. The number of anilines is 2. The number of nitrogens with one attached hydrogen (secondary N) is 3. The first kappa shape index (κ1) is 23.8. The van der Waals surface area contributed by atoms with Crippen molar-refractivity contribution in [3.05, 3.63) is 77.9 Å². The topological polar surface area (TPSA) is 149 Å². The summed E-state index contributed by atoms with van der Waals surface area (Å²) in [5.41, 5.74) is 3.05. The van der Waals surface area contributed by atoms with Gasteiger partial charge in [0, 0.05) is 17.3 Å². The maximum atomic E-state index is 12.7. The van der Waals surface area contributed by atoms with Crippen LogP contribution in [0.25, 0.3) is 0 Å². The van der Waals surface area contributed by atoms with E-state index in [1.807, 2.05) is 12.3 Å². The van der Waals surface area contributed by atoms with Gasteiger partial charge in [0.2, 0.25) is 0 Å². The summed E-state index contributed by atoms with van der Waals surface area (Å²) >= 11 is 0. The van der Waals surface area contributed by atoms with Crippen LogP contribution in [-0.2, 0) is 9.59 Å². The molecule has 5 N–H and O–H groups in total. The van der Waals surface area contributed by atoms with Gasteiger partial charge in [-0.2, -0.15) is 5.10 Å². The van der Waals surface area contributed by atoms with Gasteiger partial charge in [-0.05, 0) is 55.5 Å². The molecule has 0 bridgehead atoms. The number of nitrogens with zero attached hydrogens (tertiary/aromatic N) is 1. The molecule has 174 valence electrons. The Kier molecular flexibility index (Phi) is 7.79. The monoisotopic (exact) mass is 462 g/mol. The van der Waals surface area contributed by atoms with Gasteiger partial charge < -0.3 is 25.6 Å². The molecule has 0 saturated heterocycles. The average Bonchev–Trinajstić information content (AvgIpc) is 2.82. The van der Waals surface area contributed by atoms with Crippen LogP contribution < -0.4 is 20.8 Å². The summed E-state index contributed by atoms with van der Waals surface area (Å²) < 4.78 is 5.37. The Balaban J connectivity index is 1.63. The van der Waals surface area contributed by atoms with E-state index in [1.54, 1.807) is 36.4 Å². The van der Waals surface area contributed by atoms with E-state index in [9.17, 15) is 24.6 Å². The van der Waals surface area contributed by atoms with Crippen LogP contribution in [-0.4, -0.2) is 40.8 Å². The molecular weight excluding hydrogens is 440 g/mol. The molecule has 10 heteroatoms. The maximum absolute atomic E-state index is 12.7. The number of carbonyl (C=O) groups is 3. The predicted octanol–water partition coefficient (Wildman–Crippen LogP) is 2.84. The van der Waals surface area contributed by atoms with E-state index in [2.05, 4.69) is 15.7 Å². The molecule has 0 heterocycles. The van der Waals surface area contributed by atoms with Gasteiger partial charge in [0.1, 0.15) is 17.2 Å². The number of benzene rings is 3. The lowest BCUT2D eigenvalue weighted by Gasteiger charge is -2.11. The first-order valence-electron chi connectivity index (χ1n) is 10.2. The molecule has 0 aliphatic carbocycles. The van der Waals surface area contributed by atoms with E-state index in [0.717, 1.165) is 12.3 Å². The summed E-state index contributed by atoms with van der Waals surface area (Å²) in [6, 6.07) is 16.8. The predicted molar refractivity (Wildman–Crippen MR) is 126 cm³/mol. The van der Waals surface area contributed by atoms with E-state index in [-0.39, 0.29) is 28.3 Å². The van der Waals surface area contributed by atoms with Crippen LogP contribution in [0.4, 0.5) is 11.4 Å². The molecule has 0 aliphatic heterocycles. The normalized spacial score (nSPS) is 10.5. The molecule has 3 aromatic carbocycles. The van der Waals surface area contributed by atoms with Crippen molar-refractivity contribution in [2.24, 2.45) is 5.10 Å². The fourth-order valence-corrected chi connectivity index (χ4v) is 2.82. The van der Waals surface area contributed by atoms with Gasteiger partial charge in [-0.1, -0.05) is 12.1 Å². The standard InChI is InChI=1S/C24H22N4O6/c1-2-34-18-11-8-16(9-12-18)26-22(31)19-5-3-4-6-20(19)27-23(32)24(33)28-25-14-15-7-10-17(29)13-21(15)30/h3-14,29-30H,2H2,1H3,(H,26,31)(H,27,32)(H,28,33)/b25-14+. The highest BCUT2D eigenvalue weighted by Crippen LogP contribution is 2.21. The van der Waals surface area contributed by atoms with Gasteiger partial charge in [-0.3, -0.25) is 14.4 Å². The Morgan fingerprint density at radius 1 is 0.941 bits per heavy atom. The minimum Gasteiger partial charge on any atom is -0.508 e. The van der Waals surface area contributed by atoms with Gasteiger partial charge in [-0.25, -0.2) is 5.43 Å². The number of hydrogen-bond acceptors (Lipinski definition) is 7. The Morgan fingerprint density at radius 2 is 1.68 bits per heavy atom. The van der Waals surface area contributed by atoms with E-state index in [0.29, 0.717) is 18.0 Å². The summed E-state index contributed by atoms with van der Waals surface area (Å²) in [5, 5.41) is 27.7. The van der Waals surface area contributed by atoms with Crippen LogP contribution in [0.15, 0.2) is 71.8 Å². The first-order chi connectivity index (χ1) is 16.4. The van der Waals surface area contributed by atoms with Gasteiger partial charge in [0.15, 0.2) is 0 Å². The van der Waals surface area contributed by atoms with Crippen LogP contribution in [0.2, 0.25) is 0 Å². The number of para-hydroxylation sites is 1. The zero-order valence-electron chi connectivity index (χ0n) is 18.1. The number of hydrogen-bond donors (Lipinski definition) is 5. The average molecular weight is 462 g/mol. The molecule has 0 aliphatic rings. The van der Waals surface area contributed by atoms with E-state index in [4.69, 9.17) is 4.74 Å². The third-order valence-corrected chi connectivity index (χ3v) is 4.43. The van der Waals surface area contributed by atoms with Crippen LogP contribution in [0.3, 0.4) is 0 Å². The van der Waals surface area contributed by atoms with Crippen molar-refractivity contribution in [3.8, 4) is 17.2 Å². The van der Waals surface area contributed by atoms with Crippen molar-refractivity contribution in [1.82, 2.24) is 5.43 Å². The van der Waals surface area contributed by atoms with Gasteiger partial charge in [0.05, 0.1) is 24.1 Å². The number of phenols is 2. The van der Waals surface area contributed by atoms with E-state index < -0.39 is 17.7 Å².